The number of guanidine groups is 1. The minimum Gasteiger partial charge on any atom is -0.390 e. The highest BCUT2D eigenvalue weighted by Gasteiger charge is 2.18. The Kier molecular flexibility index (Phi) is 5.36. The van der Waals surface area contributed by atoms with Crippen LogP contribution >= 0.6 is 0 Å². The summed E-state index contributed by atoms with van der Waals surface area (Å²) in [6, 6.07) is 1.85. The number of anilines is 1. The zero-order valence-electron chi connectivity index (χ0n) is 13.9. The van der Waals surface area contributed by atoms with Crippen LogP contribution in [0.3, 0.4) is 0 Å². The monoisotopic (exact) mass is 343 g/mol. The van der Waals surface area contributed by atoms with Gasteiger partial charge in [0, 0.05) is 31.9 Å². The van der Waals surface area contributed by atoms with E-state index in [1.54, 1.807) is 10.7 Å². The highest BCUT2D eigenvalue weighted by molar-refractivity contribution is 5.87. The van der Waals surface area contributed by atoms with Crippen LogP contribution in [0.2, 0.25) is 0 Å². The van der Waals surface area contributed by atoms with E-state index in [1.165, 1.54) is 6.20 Å². The fraction of sp³-hybridized carbons (Fsp3) is 0.375. The molecule has 0 bridgehead atoms. The van der Waals surface area contributed by atoms with Gasteiger partial charge in [-0.05, 0) is 6.07 Å². The summed E-state index contributed by atoms with van der Waals surface area (Å²) in [5.74, 6) is 0.972. The van der Waals surface area contributed by atoms with E-state index in [0.29, 0.717) is 25.3 Å². The molecule has 9 heteroatoms. The molecular formula is C16H21N7O2. The molecule has 3 rings (SSSR count). The summed E-state index contributed by atoms with van der Waals surface area (Å²) in [5, 5.41) is 13.8. The molecule has 0 unspecified atom stereocenters. The van der Waals surface area contributed by atoms with Crippen molar-refractivity contribution in [3.8, 4) is 0 Å². The second-order valence-corrected chi connectivity index (χ2v) is 5.46. The number of aliphatic hydroxyl groups excluding tert-OH is 1. The number of aliphatic imine (C=N–C) groups is 2. The molecule has 132 valence electrons. The second-order valence-electron chi connectivity index (χ2n) is 5.46. The van der Waals surface area contributed by atoms with Crippen LogP contribution in [-0.2, 0) is 17.8 Å². The second kappa shape index (κ2) is 7.86. The fourth-order valence-corrected chi connectivity index (χ4v) is 2.62. The lowest BCUT2D eigenvalue weighted by molar-refractivity contribution is 0.122. The summed E-state index contributed by atoms with van der Waals surface area (Å²) in [6.45, 7) is 6.21. The summed E-state index contributed by atoms with van der Waals surface area (Å²) in [5.41, 5.74) is 7.85. The van der Waals surface area contributed by atoms with Crippen molar-refractivity contribution in [2.45, 2.75) is 13.0 Å². The van der Waals surface area contributed by atoms with Gasteiger partial charge in [-0.15, -0.1) is 0 Å². The predicted octanol–water partition coefficient (Wildman–Crippen LogP) is 0.130. The van der Waals surface area contributed by atoms with Gasteiger partial charge < -0.3 is 20.5 Å². The molecule has 25 heavy (non-hydrogen) atoms. The van der Waals surface area contributed by atoms with Crippen LogP contribution in [0, 0.1) is 0 Å². The Bertz CT molecular complexity index is 806. The molecule has 1 saturated heterocycles. The summed E-state index contributed by atoms with van der Waals surface area (Å²) < 4.78 is 7.16. The van der Waals surface area contributed by atoms with Crippen molar-refractivity contribution in [3.05, 3.63) is 36.4 Å². The first-order valence-electron chi connectivity index (χ1n) is 7.99. The topological polar surface area (TPSA) is 114 Å². The summed E-state index contributed by atoms with van der Waals surface area (Å²) in [6.07, 6.45) is 5.30. The van der Waals surface area contributed by atoms with Gasteiger partial charge in [-0.1, -0.05) is 6.58 Å². The zero-order chi connectivity index (χ0) is 17.6. The van der Waals surface area contributed by atoms with Crippen molar-refractivity contribution in [2.24, 2.45) is 15.7 Å². The average molecular weight is 343 g/mol. The number of hydrogen-bond donors (Lipinski definition) is 2. The number of morpholine rings is 1. The van der Waals surface area contributed by atoms with Crippen LogP contribution in [0.5, 0.6) is 0 Å². The normalized spacial score (nSPS) is 16.0. The third kappa shape index (κ3) is 4.01. The van der Waals surface area contributed by atoms with E-state index in [4.69, 9.17) is 15.5 Å². The van der Waals surface area contributed by atoms with Gasteiger partial charge in [-0.2, -0.15) is 5.10 Å². The van der Waals surface area contributed by atoms with E-state index >= 15 is 0 Å². The van der Waals surface area contributed by atoms with Gasteiger partial charge >= 0.3 is 0 Å². The van der Waals surface area contributed by atoms with E-state index in [-0.39, 0.29) is 12.6 Å². The Morgan fingerprint density at radius 1 is 1.40 bits per heavy atom. The molecule has 2 aromatic heterocycles. The summed E-state index contributed by atoms with van der Waals surface area (Å²) >= 11 is 0. The van der Waals surface area contributed by atoms with Crippen molar-refractivity contribution >= 4 is 23.5 Å². The number of nitrogens with two attached hydrogens (primary N) is 1. The molecule has 0 aromatic carbocycles. The first-order valence-corrected chi connectivity index (χ1v) is 7.99. The molecule has 0 amide bonds. The number of aliphatic hydroxyl groups is 1. The lowest BCUT2D eigenvalue weighted by Crippen LogP contribution is -2.37. The van der Waals surface area contributed by atoms with Gasteiger partial charge in [0.15, 0.2) is 5.82 Å². The predicted molar refractivity (Wildman–Crippen MR) is 96.0 cm³/mol. The van der Waals surface area contributed by atoms with Crippen molar-refractivity contribution in [2.75, 3.05) is 31.2 Å². The lowest BCUT2D eigenvalue weighted by atomic mass is 10.3. The van der Waals surface area contributed by atoms with Crippen molar-refractivity contribution in [1.29, 1.82) is 0 Å². The highest BCUT2D eigenvalue weighted by Crippen LogP contribution is 2.22. The van der Waals surface area contributed by atoms with Crippen LogP contribution in [0.1, 0.15) is 11.4 Å². The van der Waals surface area contributed by atoms with Gasteiger partial charge in [0.25, 0.3) is 0 Å². The molecule has 1 aliphatic rings. The van der Waals surface area contributed by atoms with Crippen LogP contribution in [0.15, 0.2) is 35.0 Å². The Balaban J connectivity index is 1.93. The summed E-state index contributed by atoms with van der Waals surface area (Å²) in [7, 11) is 0. The maximum Gasteiger partial charge on any atom is 0.219 e. The summed E-state index contributed by atoms with van der Waals surface area (Å²) in [4.78, 5) is 14.7. The standard InChI is InChI=1S/C16H21N7O2/c1-2-18-16(17)19-4-3-12-10-23-14(9-13(11-24)21-23)15(20-12)22-5-7-25-8-6-22/h2,4,9-10,24H,1,3,5-8,11H2,(H2,17,18). The van der Waals surface area contributed by atoms with Gasteiger partial charge in [0.2, 0.25) is 5.96 Å². The third-order valence-electron chi connectivity index (χ3n) is 3.76. The number of rotatable bonds is 5. The molecule has 2 aromatic rings. The largest absolute Gasteiger partial charge is 0.390 e. The molecular weight excluding hydrogens is 322 g/mol. The maximum atomic E-state index is 9.38. The molecule has 1 fully saturated rings. The van der Waals surface area contributed by atoms with Crippen LogP contribution in [0.4, 0.5) is 5.82 Å². The molecule has 0 radical (unpaired) electrons. The minimum atomic E-state index is -0.116. The molecule has 3 heterocycles. The minimum absolute atomic E-state index is 0.116. The van der Waals surface area contributed by atoms with E-state index in [0.717, 1.165) is 30.1 Å². The highest BCUT2D eigenvalue weighted by atomic mass is 16.5. The molecule has 1 aliphatic heterocycles. The van der Waals surface area contributed by atoms with Crippen LogP contribution in [0.25, 0.3) is 5.52 Å². The zero-order valence-corrected chi connectivity index (χ0v) is 13.9. The Morgan fingerprint density at radius 2 is 2.20 bits per heavy atom. The Hall–Kier alpha value is -2.78. The number of hydrogen-bond acceptors (Lipinski definition) is 6. The molecule has 0 spiro atoms. The number of fused-ring (bicyclic) bond motifs is 1. The molecule has 0 saturated carbocycles. The quantitative estimate of drug-likeness (QED) is 0.589. The molecule has 9 nitrogen and oxygen atoms in total. The van der Waals surface area contributed by atoms with E-state index < -0.39 is 0 Å². The van der Waals surface area contributed by atoms with Gasteiger partial charge in [0.05, 0.1) is 37.4 Å². The van der Waals surface area contributed by atoms with Gasteiger partial charge in [-0.3, -0.25) is 0 Å². The van der Waals surface area contributed by atoms with E-state index in [9.17, 15) is 5.11 Å². The number of ether oxygens (including phenoxy) is 1. The van der Waals surface area contributed by atoms with E-state index in [2.05, 4.69) is 26.6 Å². The number of aromatic nitrogens is 3. The first kappa shape index (κ1) is 17.1. The van der Waals surface area contributed by atoms with Crippen LogP contribution in [-0.4, -0.2) is 58.2 Å². The van der Waals surface area contributed by atoms with Crippen molar-refractivity contribution < 1.29 is 9.84 Å². The number of nitrogens with zero attached hydrogens (tertiary/aromatic N) is 6. The Morgan fingerprint density at radius 3 is 2.92 bits per heavy atom. The maximum absolute atomic E-state index is 9.38. The van der Waals surface area contributed by atoms with Crippen molar-refractivity contribution in [3.63, 3.8) is 0 Å². The lowest BCUT2D eigenvalue weighted by Gasteiger charge is -2.28. The smallest absolute Gasteiger partial charge is 0.219 e. The van der Waals surface area contributed by atoms with Gasteiger partial charge in [0.1, 0.15) is 5.52 Å². The first-order chi connectivity index (χ1) is 12.2. The average Bonchev–Trinajstić information content (AvgIpc) is 3.05. The van der Waals surface area contributed by atoms with Crippen LogP contribution < -0.4 is 10.6 Å². The fourth-order valence-electron chi connectivity index (χ4n) is 2.62. The van der Waals surface area contributed by atoms with Gasteiger partial charge in [-0.25, -0.2) is 19.5 Å². The molecule has 0 aliphatic carbocycles. The SMILES string of the molecule is C=CN=C(N)N=CCc1cn2nc(CO)cc2c(N2CCOCC2)n1. The molecule has 3 N–H and O–H groups in total. The van der Waals surface area contributed by atoms with Crippen molar-refractivity contribution in [1.82, 2.24) is 14.6 Å². The molecule has 0 atom stereocenters. The van der Waals surface area contributed by atoms with E-state index in [1.807, 2.05) is 12.3 Å². The third-order valence-corrected chi connectivity index (χ3v) is 3.76. The Labute approximate surface area is 145 Å².